The summed E-state index contributed by atoms with van der Waals surface area (Å²) in [6.07, 6.45) is 2.38. The average molecular weight is 315 g/mol. The Hall–Kier alpha value is -0.280. The van der Waals surface area contributed by atoms with E-state index < -0.39 is 0 Å². The summed E-state index contributed by atoms with van der Waals surface area (Å²) in [5.74, 6) is 0.692. The van der Waals surface area contributed by atoms with Crippen molar-refractivity contribution in [2.75, 3.05) is 19.6 Å². The van der Waals surface area contributed by atoms with E-state index >= 15 is 0 Å². The smallest absolute Gasteiger partial charge is 0.0465 e. The third-order valence-corrected chi connectivity index (χ3v) is 5.00. The van der Waals surface area contributed by atoms with Crippen LogP contribution >= 0.6 is 23.2 Å². The highest BCUT2D eigenvalue weighted by atomic mass is 35.5. The molecule has 4 heteroatoms. The fraction of sp³-hybridized carbons (Fsp3) is 0.625. The molecule has 0 saturated carbocycles. The second-order valence-electron chi connectivity index (χ2n) is 5.74. The van der Waals surface area contributed by atoms with Crippen molar-refractivity contribution in [1.29, 1.82) is 0 Å². The Labute approximate surface area is 132 Å². The minimum absolute atomic E-state index is 0.559. The predicted octanol–water partition coefficient (Wildman–Crippen LogP) is 4.20. The fourth-order valence-electron chi connectivity index (χ4n) is 2.74. The average Bonchev–Trinajstić information content (AvgIpc) is 2.68. The number of nitrogens with one attached hydrogen (secondary N) is 1. The molecular formula is C16H24Cl2N2. The van der Waals surface area contributed by atoms with Crippen LogP contribution in [0.3, 0.4) is 0 Å². The highest BCUT2D eigenvalue weighted by Crippen LogP contribution is 2.26. The van der Waals surface area contributed by atoms with Crippen molar-refractivity contribution in [2.24, 2.45) is 5.92 Å². The molecule has 1 aliphatic heterocycles. The monoisotopic (exact) mass is 314 g/mol. The molecule has 1 fully saturated rings. The van der Waals surface area contributed by atoms with Crippen LogP contribution in [0.25, 0.3) is 0 Å². The molecule has 1 heterocycles. The zero-order valence-corrected chi connectivity index (χ0v) is 13.8. The van der Waals surface area contributed by atoms with Gasteiger partial charge in [0.25, 0.3) is 0 Å². The lowest BCUT2D eigenvalue weighted by Gasteiger charge is -2.28. The Kier molecular flexibility index (Phi) is 6.16. The highest BCUT2D eigenvalue weighted by Gasteiger charge is 2.22. The van der Waals surface area contributed by atoms with Gasteiger partial charge in [-0.1, -0.05) is 49.5 Å². The van der Waals surface area contributed by atoms with E-state index in [2.05, 4.69) is 24.1 Å². The number of hydrogen-bond acceptors (Lipinski definition) is 2. The molecule has 1 aliphatic rings. The molecule has 0 spiro atoms. The van der Waals surface area contributed by atoms with Gasteiger partial charge in [-0.3, -0.25) is 4.90 Å². The first kappa shape index (κ1) is 16.1. The van der Waals surface area contributed by atoms with Gasteiger partial charge in [0, 0.05) is 34.7 Å². The van der Waals surface area contributed by atoms with E-state index in [1.54, 1.807) is 0 Å². The minimum Gasteiger partial charge on any atom is -0.312 e. The van der Waals surface area contributed by atoms with Crippen molar-refractivity contribution in [3.8, 4) is 0 Å². The first-order valence-electron chi connectivity index (χ1n) is 7.50. The van der Waals surface area contributed by atoms with Crippen molar-refractivity contribution in [2.45, 2.75) is 39.3 Å². The van der Waals surface area contributed by atoms with Crippen LogP contribution in [0.4, 0.5) is 0 Å². The number of nitrogens with zero attached hydrogens (tertiary/aromatic N) is 1. The first-order chi connectivity index (χ1) is 9.61. The molecule has 1 saturated heterocycles. The lowest BCUT2D eigenvalue weighted by Crippen LogP contribution is -2.41. The van der Waals surface area contributed by atoms with E-state index in [-0.39, 0.29) is 0 Å². The Morgan fingerprint density at radius 1 is 1.35 bits per heavy atom. The largest absolute Gasteiger partial charge is 0.312 e. The first-order valence-corrected chi connectivity index (χ1v) is 8.26. The van der Waals surface area contributed by atoms with Gasteiger partial charge in [0.15, 0.2) is 0 Å². The lowest BCUT2D eigenvalue weighted by atomic mass is 9.99. The van der Waals surface area contributed by atoms with Gasteiger partial charge in [0.1, 0.15) is 0 Å². The molecule has 2 unspecified atom stereocenters. The van der Waals surface area contributed by atoms with Crippen molar-refractivity contribution < 1.29 is 0 Å². The molecule has 20 heavy (non-hydrogen) atoms. The van der Waals surface area contributed by atoms with Gasteiger partial charge in [0.05, 0.1) is 0 Å². The molecule has 0 aliphatic carbocycles. The molecule has 0 aromatic heterocycles. The van der Waals surface area contributed by atoms with E-state index in [4.69, 9.17) is 23.2 Å². The summed E-state index contributed by atoms with van der Waals surface area (Å²) in [4.78, 5) is 2.48. The van der Waals surface area contributed by atoms with E-state index in [0.717, 1.165) is 41.8 Å². The second-order valence-corrected chi connectivity index (χ2v) is 6.55. The molecule has 2 rings (SSSR count). The van der Waals surface area contributed by atoms with Gasteiger partial charge in [-0.15, -0.1) is 0 Å². The van der Waals surface area contributed by atoms with Gasteiger partial charge in [-0.2, -0.15) is 0 Å². The molecule has 0 bridgehead atoms. The van der Waals surface area contributed by atoms with Crippen LogP contribution in [0.15, 0.2) is 18.2 Å². The summed E-state index contributed by atoms with van der Waals surface area (Å²) >= 11 is 12.6. The fourth-order valence-corrected chi connectivity index (χ4v) is 3.26. The van der Waals surface area contributed by atoms with Gasteiger partial charge >= 0.3 is 0 Å². The van der Waals surface area contributed by atoms with Crippen LogP contribution in [0.2, 0.25) is 10.0 Å². The van der Waals surface area contributed by atoms with Crippen LogP contribution in [-0.2, 0) is 6.54 Å². The van der Waals surface area contributed by atoms with Crippen LogP contribution in [-0.4, -0.2) is 30.6 Å². The van der Waals surface area contributed by atoms with Crippen molar-refractivity contribution in [3.63, 3.8) is 0 Å². The third-order valence-electron chi connectivity index (χ3n) is 4.29. The molecule has 1 aromatic rings. The van der Waals surface area contributed by atoms with Gasteiger partial charge in [-0.05, 0) is 37.6 Å². The molecule has 1 aromatic carbocycles. The van der Waals surface area contributed by atoms with Crippen molar-refractivity contribution in [3.05, 3.63) is 33.8 Å². The molecule has 0 radical (unpaired) electrons. The maximum Gasteiger partial charge on any atom is 0.0465 e. The molecule has 0 amide bonds. The van der Waals surface area contributed by atoms with Crippen LogP contribution in [0.5, 0.6) is 0 Å². The molecular weight excluding hydrogens is 291 g/mol. The zero-order chi connectivity index (χ0) is 14.5. The SMILES string of the molecule is CCC(C)C1CN(Cc2c(Cl)cccc2Cl)CCCN1. The summed E-state index contributed by atoms with van der Waals surface area (Å²) in [6.45, 7) is 8.68. The zero-order valence-electron chi connectivity index (χ0n) is 12.3. The van der Waals surface area contributed by atoms with E-state index in [1.807, 2.05) is 18.2 Å². The summed E-state index contributed by atoms with van der Waals surface area (Å²) in [5, 5.41) is 5.22. The van der Waals surface area contributed by atoms with Crippen LogP contribution < -0.4 is 5.32 Å². The maximum absolute atomic E-state index is 6.29. The Morgan fingerprint density at radius 2 is 2.05 bits per heavy atom. The number of rotatable bonds is 4. The van der Waals surface area contributed by atoms with Crippen LogP contribution in [0.1, 0.15) is 32.3 Å². The minimum atomic E-state index is 0.559. The molecule has 2 atom stereocenters. The topological polar surface area (TPSA) is 15.3 Å². The second kappa shape index (κ2) is 7.65. The summed E-state index contributed by atoms with van der Waals surface area (Å²) < 4.78 is 0. The van der Waals surface area contributed by atoms with Crippen LogP contribution in [0, 0.1) is 5.92 Å². The Bertz CT molecular complexity index is 416. The van der Waals surface area contributed by atoms with E-state index in [1.165, 1.54) is 12.8 Å². The van der Waals surface area contributed by atoms with Gasteiger partial charge in [-0.25, -0.2) is 0 Å². The van der Waals surface area contributed by atoms with Gasteiger partial charge < -0.3 is 5.32 Å². The standard InChI is InChI=1S/C16H24Cl2N2/c1-3-12(2)16-11-20(9-5-8-19-16)10-13-14(17)6-4-7-15(13)18/h4,6-7,12,16,19H,3,5,8-11H2,1-2H3. The lowest BCUT2D eigenvalue weighted by molar-refractivity contribution is 0.231. The quantitative estimate of drug-likeness (QED) is 0.895. The van der Waals surface area contributed by atoms with E-state index in [9.17, 15) is 0 Å². The summed E-state index contributed by atoms with van der Waals surface area (Å²) in [7, 11) is 0. The van der Waals surface area contributed by atoms with E-state index in [0.29, 0.717) is 12.0 Å². The van der Waals surface area contributed by atoms with Crippen molar-refractivity contribution in [1.82, 2.24) is 10.2 Å². The number of benzene rings is 1. The number of hydrogen-bond donors (Lipinski definition) is 1. The third kappa shape index (κ3) is 4.11. The normalized spacial score (nSPS) is 22.5. The molecule has 112 valence electrons. The summed E-state index contributed by atoms with van der Waals surface area (Å²) in [6, 6.07) is 6.31. The molecule has 2 nitrogen and oxygen atoms in total. The van der Waals surface area contributed by atoms with Gasteiger partial charge in [0.2, 0.25) is 0 Å². The highest BCUT2D eigenvalue weighted by molar-refractivity contribution is 6.35. The maximum atomic E-state index is 6.29. The summed E-state index contributed by atoms with van der Waals surface area (Å²) in [5.41, 5.74) is 1.06. The Morgan fingerprint density at radius 3 is 2.70 bits per heavy atom. The Balaban J connectivity index is 2.07. The predicted molar refractivity (Wildman–Crippen MR) is 87.6 cm³/mol. The molecule has 1 N–H and O–H groups in total. The number of halogens is 2. The van der Waals surface area contributed by atoms with Crippen molar-refractivity contribution >= 4 is 23.2 Å².